The SMILES string of the molecule is CC(C)(C)c1ccc(S(=O)(=O)N2CCN(c3nc(=O)c4cc(C(F)(F)F)cc([N+](=O)[O-])c4s3)CC2)cc1. The number of sulfonamides is 1. The zero-order valence-corrected chi connectivity index (χ0v) is 21.7. The van der Waals surface area contributed by atoms with Gasteiger partial charge in [-0.25, -0.2) is 8.42 Å². The molecule has 1 aromatic heterocycles. The van der Waals surface area contributed by atoms with Gasteiger partial charge in [0.1, 0.15) is 4.70 Å². The lowest BCUT2D eigenvalue weighted by Gasteiger charge is -2.34. The predicted molar refractivity (Wildman–Crippen MR) is 134 cm³/mol. The molecule has 14 heteroatoms. The first-order valence-electron chi connectivity index (χ1n) is 11.1. The summed E-state index contributed by atoms with van der Waals surface area (Å²) in [5.74, 6) is 0. The summed E-state index contributed by atoms with van der Waals surface area (Å²) in [4.78, 5) is 28.7. The fourth-order valence-electron chi connectivity index (χ4n) is 3.97. The molecule has 1 saturated heterocycles. The van der Waals surface area contributed by atoms with Gasteiger partial charge in [0.25, 0.3) is 11.2 Å². The van der Waals surface area contributed by atoms with Crippen LogP contribution >= 0.6 is 11.3 Å². The Morgan fingerprint density at radius 1 is 1.00 bits per heavy atom. The largest absolute Gasteiger partial charge is 0.416 e. The third kappa shape index (κ3) is 5.31. The van der Waals surface area contributed by atoms with E-state index in [4.69, 9.17) is 0 Å². The number of piperazine rings is 1. The average molecular weight is 557 g/mol. The third-order valence-electron chi connectivity index (χ3n) is 6.08. The number of fused-ring (bicyclic) bond motifs is 1. The second kappa shape index (κ2) is 9.33. The third-order valence-corrected chi connectivity index (χ3v) is 9.16. The summed E-state index contributed by atoms with van der Waals surface area (Å²) in [6.07, 6.45) is -4.87. The van der Waals surface area contributed by atoms with Crippen molar-refractivity contribution in [3.05, 3.63) is 68.0 Å². The minimum Gasteiger partial charge on any atom is -0.345 e. The van der Waals surface area contributed by atoms with Crippen LogP contribution in [-0.4, -0.2) is 48.8 Å². The first kappa shape index (κ1) is 26.9. The van der Waals surface area contributed by atoms with Gasteiger partial charge in [0.2, 0.25) is 10.0 Å². The molecule has 0 spiro atoms. The molecule has 2 aromatic carbocycles. The first-order chi connectivity index (χ1) is 17.1. The zero-order chi connectivity index (χ0) is 27.3. The van der Waals surface area contributed by atoms with E-state index in [0.29, 0.717) is 12.1 Å². The number of hydrogen-bond acceptors (Lipinski definition) is 8. The first-order valence-corrected chi connectivity index (χ1v) is 13.4. The van der Waals surface area contributed by atoms with Crippen molar-refractivity contribution in [2.45, 2.75) is 37.3 Å². The van der Waals surface area contributed by atoms with Crippen LogP contribution in [0.5, 0.6) is 0 Å². The number of anilines is 1. The highest BCUT2D eigenvalue weighted by molar-refractivity contribution is 7.89. The minimum absolute atomic E-state index is 0.0685. The van der Waals surface area contributed by atoms with Gasteiger partial charge in [0.05, 0.1) is 20.8 Å². The van der Waals surface area contributed by atoms with Crippen LogP contribution in [0.1, 0.15) is 31.9 Å². The standard InChI is InChI=1S/C23H23F3N4O5S2/c1-22(2,3)14-4-6-16(7-5-14)37(34,35)29-10-8-28(9-11-29)21-27-20(31)17-12-15(23(24,25)26)13-18(30(32)33)19(17)36-21/h4-7,12-13H,8-11H2,1-3H3. The van der Waals surface area contributed by atoms with Crippen LogP contribution < -0.4 is 10.5 Å². The molecule has 3 aromatic rings. The van der Waals surface area contributed by atoms with E-state index in [1.165, 1.54) is 4.31 Å². The number of non-ortho nitro benzene ring substituents is 1. The lowest BCUT2D eigenvalue weighted by molar-refractivity contribution is -0.383. The summed E-state index contributed by atoms with van der Waals surface area (Å²) < 4.78 is 66.9. The van der Waals surface area contributed by atoms with Crippen LogP contribution in [-0.2, 0) is 21.6 Å². The van der Waals surface area contributed by atoms with Crippen molar-refractivity contribution in [1.29, 1.82) is 0 Å². The highest BCUT2D eigenvalue weighted by atomic mass is 32.2. The predicted octanol–water partition coefficient (Wildman–Crippen LogP) is 4.39. The fraction of sp³-hybridized carbons (Fsp3) is 0.391. The fourth-order valence-corrected chi connectivity index (χ4v) is 6.51. The molecule has 0 aliphatic carbocycles. The van der Waals surface area contributed by atoms with Gasteiger partial charge in [0.15, 0.2) is 5.13 Å². The molecule has 198 valence electrons. The summed E-state index contributed by atoms with van der Waals surface area (Å²) in [5.41, 5.74) is -2.31. The smallest absolute Gasteiger partial charge is 0.345 e. The number of hydrogen-bond donors (Lipinski definition) is 0. The maximum absolute atomic E-state index is 13.2. The van der Waals surface area contributed by atoms with Crippen LogP contribution in [0.4, 0.5) is 24.0 Å². The lowest BCUT2D eigenvalue weighted by Crippen LogP contribution is -2.49. The van der Waals surface area contributed by atoms with E-state index in [1.807, 2.05) is 20.8 Å². The number of nitro groups is 1. The van der Waals surface area contributed by atoms with Gasteiger partial charge in [-0.2, -0.15) is 22.5 Å². The Morgan fingerprint density at radius 3 is 2.11 bits per heavy atom. The van der Waals surface area contributed by atoms with Gasteiger partial charge in [-0.3, -0.25) is 14.9 Å². The topological polar surface area (TPSA) is 114 Å². The van der Waals surface area contributed by atoms with Gasteiger partial charge < -0.3 is 4.90 Å². The molecule has 4 rings (SSSR count). The second-order valence-electron chi connectivity index (χ2n) is 9.59. The Balaban J connectivity index is 1.60. The number of aromatic nitrogens is 1. The van der Waals surface area contributed by atoms with Gasteiger partial charge in [0, 0.05) is 32.2 Å². The maximum atomic E-state index is 13.2. The van der Waals surface area contributed by atoms with Crippen molar-refractivity contribution < 1.29 is 26.5 Å². The Kier molecular flexibility index (Phi) is 6.80. The van der Waals surface area contributed by atoms with E-state index >= 15 is 0 Å². The maximum Gasteiger partial charge on any atom is 0.416 e. The normalized spacial score (nSPS) is 15.8. The molecule has 1 aliphatic rings. The minimum atomic E-state index is -4.87. The summed E-state index contributed by atoms with van der Waals surface area (Å²) >= 11 is 0.729. The lowest BCUT2D eigenvalue weighted by atomic mass is 9.87. The molecule has 1 fully saturated rings. The van der Waals surface area contributed by atoms with E-state index in [0.717, 1.165) is 16.9 Å². The van der Waals surface area contributed by atoms with E-state index in [-0.39, 0.29) is 46.3 Å². The Labute approximate surface area is 214 Å². The van der Waals surface area contributed by atoms with Crippen molar-refractivity contribution in [3.8, 4) is 0 Å². The average Bonchev–Trinajstić information content (AvgIpc) is 2.82. The summed E-state index contributed by atoms with van der Waals surface area (Å²) in [5, 5.41) is 11.1. The summed E-state index contributed by atoms with van der Waals surface area (Å²) in [6.45, 7) is 6.49. The molecule has 2 heterocycles. The second-order valence-corrected chi connectivity index (χ2v) is 12.5. The Morgan fingerprint density at radius 2 is 1.59 bits per heavy atom. The van der Waals surface area contributed by atoms with Crippen LogP contribution in [0.3, 0.4) is 0 Å². The van der Waals surface area contributed by atoms with Crippen molar-refractivity contribution in [2.24, 2.45) is 0 Å². The van der Waals surface area contributed by atoms with E-state index in [2.05, 4.69) is 4.98 Å². The Bertz CT molecular complexity index is 1520. The van der Waals surface area contributed by atoms with Crippen molar-refractivity contribution in [3.63, 3.8) is 0 Å². The summed E-state index contributed by atoms with van der Waals surface area (Å²) in [6, 6.07) is 7.64. The van der Waals surface area contributed by atoms with Crippen molar-refractivity contribution in [1.82, 2.24) is 9.29 Å². The number of nitro benzene ring substituents is 1. The van der Waals surface area contributed by atoms with Crippen LogP contribution in [0.15, 0.2) is 46.1 Å². The monoisotopic (exact) mass is 556 g/mol. The molecule has 1 aliphatic heterocycles. The van der Waals surface area contributed by atoms with Crippen molar-refractivity contribution in [2.75, 3.05) is 31.1 Å². The number of benzene rings is 2. The molecule has 0 bridgehead atoms. The van der Waals surface area contributed by atoms with E-state index in [1.54, 1.807) is 29.2 Å². The van der Waals surface area contributed by atoms with Crippen LogP contribution in [0.25, 0.3) is 10.1 Å². The Hall–Kier alpha value is -3.10. The molecule has 37 heavy (non-hydrogen) atoms. The molecular formula is C23H23F3N4O5S2. The van der Waals surface area contributed by atoms with Gasteiger partial charge in [-0.15, -0.1) is 0 Å². The molecule has 0 amide bonds. The molecule has 9 nitrogen and oxygen atoms in total. The quantitative estimate of drug-likeness (QED) is 0.346. The van der Waals surface area contributed by atoms with E-state index < -0.39 is 43.3 Å². The van der Waals surface area contributed by atoms with E-state index in [9.17, 15) is 36.5 Å². The highest BCUT2D eigenvalue weighted by Crippen LogP contribution is 2.38. The van der Waals surface area contributed by atoms with Gasteiger partial charge in [-0.1, -0.05) is 44.2 Å². The highest BCUT2D eigenvalue weighted by Gasteiger charge is 2.35. The number of rotatable bonds is 4. The molecule has 0 radical (unpaired) electrons. The molecular weight excluding hydrogens is 533 g/mol. The number of halogens is 3. The van der Waals surface area contributed by atoms with Gasteiger partial charge in [-0.05, 0) is 29.2 Å². The molecule has 0 N–H and O–H groups in total. The van der Waals surface area contributed by atoms with Crippen LogP contribution in [0.2, 0.25) is 0 Å². The van der Waals surface area contributed by atoms with Crippen LogP contribution in [0, 0.1) is 10.1 Å². The molecule has 0 unspecified atom stereocenters. The zero-order valence-electron chi connectivity index (χ0n) is 20.1. The summed E-state index contributed by atoms with van der Waals surface area (Å²) in [7, 11) is -3.78. The number of alkyl halides is 3. The number of nitrogens with zero attached hydrogens (tertiary/aromatic N) is 4. The van der Waals surface area contributed by atoms with Crippen molar-refractivity contribution >= 4 is 42.3 Å². The molecule has 0 saturated carbocycles. The van der Waals surface area contributed by atoms with Gasteiger partial charge >= 0.3 is 6.18 Å². The molecule has 0 atom stereocenters.